The first-order chi connectivity index (χ1) is 9.24. The molecule has 0 atom stereocenters. The summed E-state index contributed by atoms with van der Waals surface area (Å²) in [6.45, 7) is 0. The van der Waals surface area contributed by atoms with E-state index in [0.717, 1.165) is 17.7 Å². The lowest BCUT2D eigenvalue weighted by Gasteiger charge is -1.97. The average Bonchev–Trinajstić information content (AvgIpc) is 2.93. The van der Waals surface area contributed by atoms with E-state index >= 15 is 0 Å². The van der Waals surface area contributed by atoms with Crippen LogP contribution in [0.15, 0.2) is 59.1 Å². The van der Waals surface area contributed by atoms with E-state index in [2.05, 4.69) is 4.98 Å². The Bertz CT molecular complexity index is 707. The summed E-state index contributed by atoms with van der Waals surface area (Å²) >= 11 is 0. The summed E-state index contributed by atoms with van der Waals surface area (Å²) in [5.74, 6) is -0.964. The fraction of sp³-hybridized carbons (Fsp3) is 0. The summed E-state index contributed by atoms with van der Waals surface area (Å²) < 4.78 is 31.6. The van der Waals surface area contributed by atoms with Crippen LogP contribution in [0.25, 0.3) is 22.8 Å². The van der Waals surface area contributed by atoms with Gasteiger partial charge in [-0.25, -0.2) is 13.8 Å². The normalized spacial score (nSPS) is 10.6. The van der Waals surface area contributed by atoms with Gasteiger partial charge in [0.1, 0.15) is 0 Å². The molecule has 4 heteroatoms. The van der Waals surface area contributed by atoms with E-state index < -0.39 is 11.6 Å². The lowest BCUT2D eigenvalue weighted by molar-refractivity contribution is 0.508. The summed E-state index contributed by atoms with van der Waals surface area (Å²) in [5, 5.41) is 0. The molecule has 3 rings (SSSR count). The van der Waals surface area contributed by atoms with Gasteiger partial charge >= 0.3 is 0 Å². The van der Waals surface area contributed by atoms with Crippen molar-refractivity contribution in [3.05, 3.63) is 66.4 Å². The van der Waals surface area contributed by atoms with Crippen LogP contribution in [-0.2, 0) is 0 Å². The highest BCUT2D eigenvalue weighted by Crippen LogP contribution is 2.26. The Morgan fingerprint density at radius 2 is 1.63 bits per heavy atom. The van der Waals surface area contributed by atoms with Gasteiger partial charge < -0.3 is 4.42 Å². The zero-order valence-electron chi connectivity index (χ0n) is 9.81. The molecule has 1 heterocycles. The second-order valence-corrected chi connectivity index (χ2v) is 4.02. The first-order valence-electron chi connectivity index (χ1n) is 5.71. The Balaban J connectivity index is 1.99. The Morgan fingerprint density at radius 3 is 2.37 bits per heavy atom. The third kappa shape index (κ3) is 2.25. The van der Waals surface area contributed by atoms with Crippen LogP contribution in [-0.4, -0.2) is 4.98 Å². The summed E-state index contributed by atoms with van der Waals surface area (Å²) in [5.41, 5.74) is 1.28. The summed E-state index contributed by atoms with van der Waals surface area (Å²) in [6.07, 6.45) is 1.56. The molecule has 0 aliphatic carbocycles. The van der Waals surface area contributed by atoms with Crippen molar-refractivity contribution in [1.82, 2.24) is 4.98 Å². The van der Waals surface area contributed by atoms with E-state index in [9.17, 15) is 8.78 Å². The van der Waals surface area contributed by atoms with Crippen LogP contribution in [0.1, 0.15) is 0 Å². The molecule has 3 aromatic rings. The number of halogens is 2. The fourth-order valence-corrected chi connectivity index (χ4v) is 1.77. The molecule has 94 valence electrons. The number of hydrogen-bond donors (Lipinski definition) is 0. The molecule has 0 aliphatic rings. The molecular weight excluding hydrogens is 248 g/mol. The van der Waals surface area contributed by atoms with Crippen molar-refractivity contribution in [2.75, 3.05) is 0 Å². The van der Waals surface area contributed by atoms with Crippen molar-refractivity contribution in [1.29, 1.82) is 0 Å². The van der Waals surface area contributed by atoms with Gasteiger partial charge in [0.2, 0.25) is 5.89 Å². The number of benzene rings is 2. The summed E-state index contributed by atoms with van der Waals surface area (Å²) in [6, 6.07) is 13.0. The number of aromatic nitrogens is 1. The van der Waals surface area contributed by atoms with E-state index in [0.29, 0.717) is 11.3 Å². The van der Waals surface area contributed by atoms with E-state index in [1.54, 1.807) is 6.20 Å². The second-order valence-electron chi connectivity index (χ2n) is 4.02. The van der Waals surface area contributed by atoms with Gasteiger partial charge in [0.25, 0.3) is 0 Å². The molecule has 0 saturated carbocycles. The molecule has 0 aliphatic heterocycles. The highest BCUT2D eigenvalue weighted by Gasteiger charge is 2.10. The molecule has 0 radical (unpaired) electrons. The standard InChI is InChI=1S/C15H9F2NO/c16-12-7-6-11(8-13(12)17)15-18-9-14(19-15)10-4-2-1-3-5-10/h1-9H. The van der Waals surface area contributed by atoms with Crippen LogP contribution >= 0.6 is 0 Å². The minimum Gasteiger partial charge on any atom is -0.436 e. The van der Waals surface area contributed by atoms with Crippen LogP contribution in [0.5, 0.6) is 0 Å². The van der Waals surface area contributed by atoms with Crippen molar-refractivity contribution in [2.24, 2.45) is 0 Å². The van der Waals surface area contributed by atoms with Gasteiger partial charge in [0.15, 0.2) is 17.4 Å². The SMILES string of the molecule is Fc1ccc(-c2ncc(-c3ccccc3)o2)cc1F. The summed E-state index contributed by atoms with van der Waals surface area (Å²) in [4.78, 5) is 4.08. The second kappa shape index (κ2) is 4.65. The van der Waals surface area contributed by atoms with Gasteiger partial charge in [-0.05, 0) is 18.2 Å². The van der Waals surface area contributed by atoms with Gasteiger partial charge in [-0.2, -0.15) is 0 Å². The molecule has 19 heavy (non-hydrogen) atoms. The van der Waals surface area contributed by atoms with E-state index in [-0.39, 0.29) is 5.89 Å². The van der Waals surface area contributed by atoms with Gasteiger partial charge in [0.05, 0.1) is 6.20 Å². The molecule has 0 bridgehead atoms. The highest BCUT2D eigenvalue weighted by atomic mass is 19.2. The van der Waals surface area contributed by atoms with E-state index in [1.807, 2.05) is 30.3 Å². The quantitative estimate of drug-likeness (QED) is 0.684. The third-order valence-electron chi connectivity index (χ3n) is 2.73. The molecular formula is C15H9F2NO. The average molecular weight is 257 g/mol. The predicted molar refractivity (Wildman–Crippen MR) is 67.3 cm³/mol. The smallest absolute Gasteiger partial charge is 0.226 e. The van der Waals surface area contributed by atoms with E-state index in [1.165, 1.54) is 6.07 Å². The zero-order chi connectivity index (χ0) is 13.2. The Labute approximate surface area is 108 Å². The van der Waals surface area contributed by atoms with Crippen LogP contribution in [0.3, 0.4) is 0 Å². The maximum absolute atomic E-state index is 13.2. The van der Waals surface area contributed by atoms with Gasteiger partial charge in [-0.15, -0.1) is 0 Å². The lowest BCUT2D eigenvalue weighted by atomic mass is 10.2. The van der Waals surface area contributed by atoms with Gasteiger partial charge in [0, 0.05) is 11.1 Å². The molecule has 0 saturated heterocycles. The molecule has 0 fully saturated rings. The van der Waals surface area contributed by atoms with Crippen LogP contribution in [0.2, 0.25) is 0 Å². The Morgan fingerprint density at radius 1 is 0.842 bits per heavy atom. The maximum atomic E-state index is 13.2. The van der Waals surface area contributed by atoms with Gasteiger partial charge in [-0.1, -0.05) is 30.3 Å². The first-order valence-corrected chi connectivity index (χ1v) is 5.71. The lowest BCUT2D eigenvalue weighted by Crippen LogP contribution is -1.84. The van der Waals surface area contributed by atoms with Gasteiger partial charge in [-0.3, -0.25) is 0 Å². The monoisotopic (exact) mass is 257 g/mol. The van der Waals surface area contributed by atoms with Crippen molar-refractivity contribution in [3.8, 4) is 22.8 Å². The molecule has 0 spiro atoms. The van der Waals surface area contributed by atoms with Crippen LogP contribution in [0.4, 0.5) is 8.78 Å². The Kier molecular flexibility index (Phi) is 2.83. The highest BCUT2D eigenvalue weighted by molar-refractivity contribution is 5.60. The number of rotatable bonds is 2. The fourth-order valence-electron chi connectivity index (χ4n) is 1.77. The summed E-state index contributed by atoms with van der Waals surface area (Å²) in [7, 11) is 0. The molecule has 0 unspecified atom stereocenters. The minimum absolute atomic E-state index is 0.262. The van der Waals surface area contributed by atoms with E-state index in [4.69, 9.17) is 4.42 Å². The molecule has 2 aromatic carbocycles. The van der Waals surface area contributed by atoms with Crippen molar-refractivity contribution < 1.29 is 13.2 Å². The van der Waals surface area contributed by atoms with Crippen LogP contribution < -0.4 is 0 Å². The molecule has 1 aromatic heterocycles. The van der Waals surface area contributed by atoms with Crippen molar-refractivity contribution >= 4 is 0 Å². The van der Waals surface area contributed by atoms with Crippen molar-refractivity contribution in [3.63, 3.8) is 0 Å². The minimum atomic E-state index is -0.919. The molecule has 0 N–H and O–H groups in total. The molecule has 2 nitrogen and oxygen atoms in total. The predicted octanol–water partition coefficient (Wildman–Crippen LogP) is 4.29. The molecule has 0 amide bonds. The maximum Gasteiger partial charge on any atom is 0.226 e. The van der Waals surface area contributed by atoms with Crippen LogP contribution in [0, 0.1) is 11.6 Å². The Hall–Kier alpha value is -2.49. The number of oxazole rings is 1. The zero-order valence-corrected chi connectivity index (χ0v) is 9.81. The topological polar surface area (TPSA) is 26.0 Å². The third-order valence-corrected chi connectivity index (χ3v) is 2.73. The number of hydrogen-bond acceptors (Lipinski definition) is 2. The largest absolute Gasteiger partial charge is 0.436 e. The first kappa shape index (κ1) is 11.6. The number of nitrogens with zero attached hydrogens (tertiary/aromatic N) is 1. The van der Waals surface area contributed by atoms with Crippen molar-refractivity contribution in [2.45, 2.75) is 0 Å².